The lowest BCUT2D eigenvalue weighted by atomic mass is 9.96. The van der Waals surface area contributed by atoms with E-state index >= 15 is 0 Å². The van der Waals surface area contributed by atoms with Crippen molar-refractivity contribution in [3.8, 4) is 0 Å². The molecule has 20 heavy (non-hydrogen) atoms. The Hall–Kier alpha value is -1.13. The van der Waals surface area contributed by atoms with Gasteiger partial charge in [0.25, 0.3) is 0 Å². The quantitative estimate of drug-likeness (QED) is 0.900. The highest BCUT2D eigenvalue weighted by molar-refractivity contribution is 7.11. The molecule has 0 amide bonds. The summed E-state index contributed by atoms with van der Waals surface area (Å²) in [5.41, 5.74) is 1.16. The number of thiophene rings is 1. The molecular formula is C16H23N3S. The predicted octanol–water partition coefficient (Wildman–Crippen LogP) is 4.05. The summed E-state index contributed by atoms with van der Waals surface area (Å²) < 4.78 is 2.19. The molecule has 0 unspecified atom stereocenters. The van der Waals surface area contributed by atoms with E-state index in [9.17, 15) is 0 Å². The maximum atomic E-state index is 4.73. The minimum atomic E-state index is 0.637. The van der Waals surface area contributed by atoms with Crippen LogP contribution >= 0.6 is 11.3 Å². The van der Waals surface area contributed by atoms with E-state index in [1.165, 1.54) is 41.9 Å². The molecule has 2 heterocycles. The van der Waals surface area contributed by atoms with Crippen LogP contribution in [0.3, 0.4) is 0 Å². The van der Waals surface area contributed by atoms with Gasteiger partial charge in [-0.3, -0.25) is 4.68 Å². The van der Waals surface area contributed by atoms with E-state index in [-0.39, 0.29) is 0 Å². The Morgan fingerprint density at radius 1 is 1.20 bits per heavy atom. The zero-order valence-corrected chi connectivity index (χ0v) is 13.0. The number of nitrogens with one attached hydrogen (secondary N) is 1. The predicted molar refractivity (Wildman–Crippen MR) is 83.9 cm³/mol. The van der Waals surface area contributed by atoms with E-state index in [1.54, 1.807) is 0 Å². The molecule has 2 aromatic heterocycles. The second-order valence-electron chi connectivity index (χ2n) is 5.69. The average molecular weight is 289 g/mol. The molecular weight excluding hydrogens is 266 g/mol. The van der Waals surface area contributed by atoms with Crippen LogP contribution < -0.4 is 5.32 Å². The van der Waals surface area contributed by atoms with Crippen molar-refractivity contribution in [3.63, 3.8) is 0 Å². The molecule has 1 saturated carbocycles. The van der Waals surface area contributed by atoms with E-state index in [1.807, 2.05) is 11.3 Å². The Kier molecular flexibility index (Phi) is 4.53. The molecule has 1 fully saturated rings. The first-order valence-electron chi connectivity index (χ1n) is 7.61. The van der Waals surface area contributed by atoms with Crippen LogP contribution in [0.15, 0.2) is 24.4 Å². The van der Waals surface area contributed by atoms with Crippen LogP contribution in [0, 0.1) is 6.92 Å². The summed E-state index contributed by atoms with van der Waals surface area (Å²) in [7, 11) is 0. The van der Waals surface area contributed by atoms with Crippen LogP contribution in [0.25, 0.3) is 0 Å². The highest BCUT2D eigenvalue weighted by atomic mass is 32.1. The summed E-state index contributed by atoms with van der Waals surface area (Å²) in [6, 6.07) is 7.17. The number of aryl methyl sites for hydroxylation is 1. The minimum Gasteiger partial charge on any atom is -0.306 e. The van der Waals surface area contributed by atoms with Gasteiger partial charge in [-0.15, -0.1) is 11.3 Å². The third-order valence-corrected chi connectivity index (χ3v) is 5.01. The Bertz CT molecular complexity index is 537. The van der Waals surface area contributed by atoms with Crippen molar-refractivity contribution >= 4 is 11.3 Å². The number of rotatable bonds is 5. The van der Waals surface area contributed by atoms with Gasteiger partial charge < -0.3 is 5.32 Å². The van der Waals surface area contributed by atoms with Crippen molar-refractivity contribution < 1.29 is 0 Å². The first-order valence-corrected chi connectivity index (χ1v) is 8.43. The number of nitrogens with zero attached hydrogens (tertiary/aromatic N) is 2. The molecule has 0 bridgehead atoms. The average Bonchev–Trinajstić information content (AvgIpc) is 3.09. The summed E-state index contributed by atoms with van der Waals surface area (Å²) in [6.45, 7) is 3.95. The van der Waals surface area contributed by atoms with Crippen molar-refractivity contribution in [2.45, 2.75) is 58.2 Å². The van der Waals surface area contributed by atoms with Crippen LogP contribution in [-0.2, 0) is 13.1 Å². The molecule has 2 aromatic rings. The van der Waals surface area contributed by atoms with Gasteiger partial charge in [0, 0.05) is 29.0 Å². The van der Waals surface area contributed by atoms with Crippen molar-refractivity contribution in [1.29, 1.82) is 0 Å². The Morgan fingerprint density at radius 2 is 2.05 bits per heavy atom. The third-order valence-electron chi connectivity index (χ3n) is 4.01. The molecule has 0 saturated heterocycles. The van der Waals surface area contributed by atoms with Gasteiger partial charge in [-0.05, 0) is 38.0 Å². The van der Waals surface area contributed by atoms with Gasteiger partial charge in [0.1, 0.15) is 0 Å². The molecule has 0 aromatic carbocycles. The van der Waals surface area contributed by atoms with Crippen molar-refractivity contribution in [2.24, 2.45) is 0 Å². The Balaban J connectivity index is 1.49. The van der Waals surface area contributed by atoms with Gasteiger partial charge in [-0.2, -0.15) is 5.10 Å². The molecule has 0 radical (unpaired) electrons. The zero-order chi connectivity index (χ0) is 13.8. The number of hydrogen-bond donors (Lipinski definition) is 1. The van der Waals surface area contributed by atoms with E-state index in [4.69, 9.17) is 5.10 Å². The smallest absolute Gasteiger partial charge is 0.0762 e. The van der Waals surface area contributed by atoms with Gasteiger partial charge in [0.15, 0.2) is 0 Å². The highest BCUT2D eigenvalue weighted by Gasteiger charge is 2.15. The fourth-order valence-corrected chi connectivity index (χ4v) is 3.77. The largest absolute Gasteiger partial charge is 0.306 e. The van der Waals surface area contributed by atoms with Crippen LogP contribution in [0.1, 0.15) is 53.6 Å². The molecule has 1 N–H and O–H groups in total. The highest BCUT2D eigenvalue weighted by Crippen LogP contribution is 2.27. The Labute approximate surface area is 125 Å². The van der Waals surface area contributed by atoms with Gasteiger partial charge >= 0.3 is 0 Å². The molecule has 1 aliphatic rings. The number of hydrogen-bond acceptors (Lipinski definition) is 3. The van der Waals surface area contributed by atoms with Crippen molar-refractivity contribution in [3.05, 3.63) is 39.8 Å². The maximum Gasteiger partial charge on any atom is 0.0762 e. The van der Waals surface area contributed by atoms with Gasteiger partial charge in [-0.25, -0.2) is 0 Å². The third kappa shape index (κ3) is 3.49. The lowest BCUT2D eigenvalue weighted by Crippen LogP contribution is -2.15. The minimum absolute atomic E-state index is 0.637. The first kappa shape index (κ1) is 13.8. The summed E-state index contributed by atoms with van der Waals surface area (Å²) >= 11 is 1.86. The van der Waals surface area contributed by atoms with E-state index < -0.39 is 0 Å². The first-order chi connectivity index (χ1) is 9.81. The summed E-state index contributed by atoms with van der Waals surface area (Å²) in [4.78, 5) is 2.78. The van der Waals surface area contributed by atoms with Crippen molar-refractivity contribution in [1.82, 2.24) is 15.1 Å². The van der Waals surface area contributed by atoms with E-state index in [2.05, 4.69) is 41.3 Å². The molecule has 1 aliphatic carbocycles. The molecule has 3 nitrogen and oxygen atoms in total. The second kappa shape index (κ2) is 6.55. The van der Waals surface area contributed by atoms with Crippen LogP contribution in [0.4, 0.5) is 0 Å². The second-order valence-corrected chi connectivity index (χ2v) is 7.07. The topological polar surface area (TPSA) is 29.9 Å². The van der Waals surface area contributed by atoms with E-state index in [0.29, 0.717) is 6.04 Å². The van der Waals surface area contributed by atoms with Crippen LogP contribution in [0.2, 0.25) is 0 Å². The molecule has 108 valence electrons. The fraction of sp³-hybridized carbons (Fsp3) is 0.562. The standard InChI is InChI=1S/C16H23N3S/c1-13-7-8-16(20-13)12-17-11-14-9-10-19(18-14)15-5-3-2-4-6-15/h7-10,15,17H,2-6,11-12H2,1H3. The van der Waals surface area contributed by atoms with Crippen molar-refractivity contribution in [2.75, 3.05) is 0 Å². The fourth-order valence-electron chi connectivity index (χ4n) is 2.91. The summed E-state index contributed by atoms with van der Waals surface area (Å²) in [5, 5.41) is 8.21. The zero-order valence-electron chi connectivity index (χ0n) is 12.1. The van der Waals surface area contributed by atoms with Gasteiger partial charge in [0.2, 0.25) is 0 Å². The van der Waals surface area contributed by atoms with Crippen LogP contribution in [-0.4, -0.2) is 9.78 Å². The normalized spacial score (nSPS) is 16.6. The molecule has 4 heteroatoms. The van der Waals surface area contributed by atoms with Crippen LogP contribution in [0.5, 0.6) is 0 Å². The molecule has 0 aliphatic heterocycles. The monoisotopic (exact) mass is 289 g/mol. The van der Waals surface area contributed by atoms with E-state index in [0.717, 1.165) is 18.8 Å². The lowest BCUT2D eigenvalue weighted by Gasteiger charge is -2.21. The molecule has 0 spiro atoms. The summed E-state index contributed by atoms with van der Waals surface area (Å²) in [5.74, 6) is 0. The maximum absolute atomic E-state index is 4.73. The summed E-state index contributed by atoms with van der Waals surface area (Å²) in [6.07, 6.45) is 8.85. The molecule has 3 rings (SSSR count). The van der Waals surface area contributed by atoms with Gasteiger partial charge in [0.05, 0.1) is 11.7 Å². The lowest BCUT2D eigenvalue weighted by molar-refractivity contribution is 0.327. The van der Waals surface area contributed by atoms with Gasteiger partial charge in [-0.1, -0.05) is 19.3 Å². The SMILES string of the molecule is Cc1ccc(CNCc2ccn(C3CCCCC3)n2)s1. The number of aromatic nitrogens is 2. The molecule has 0 atom stereocenters. The Morgan fingerprint density at radius 3 is 2.80 bits per heavy atom.